The summed E-state index contributed by atoms with van der Waals surface area (Å²) in [5.41, 5.74) is 2.17. The molecule has 2 unspecified atom stereocenters. The Morgan fingerprint density at radius 1 is 1.09 bits per heavy atom. The highest BCUT2D eigenvalue weighted by Gasteiger charge is 2.54. The van der Waals surface area contributed by atoms with E-state index in [1.807, 2.05) is 68.4 Å². The molecule has 0 bridgehead atoms. The van der Waals surface area contributed by atoms with E-state index in [1.54, 1.807) is 6.92 Å². The molecule has 1 aliphatic rings. The molecule has 0 radical (unpaired) electrons. The van der Waals surface area contributed by atoms with E-state index in [2.05, 4.69) is 0 Å². The van der Waals surface area contributed by atoms with Crippen LogP contribution in [0.2, 0.25) is 0 Å². The van der Waals surface area contributed by atoms with E-state index in [-0.39, 0.29) is 6.04 Å². The molecule has 114 valence electrons. The molecule has 1 N–H and O–H groups in total. The maximum absolute atomic E-state index is 13.0. The first-order chi connectivity index (χ1) is 10.5. The normalized spacial score (nSPS) is 25.7. The quantitative estimate of drug-likeness (QED) is 0.683. The van der Waals surface area contributed by atoms with E-state index < -0.39 is 5.66 Å². The lowest BCUT2D eigenvalue weighted by molar-refractivity contribution is -0.595. The molecule has 0 aliphatic carbocycles. The molecule has 0 amide bonds. The third-order valence-corrected chi connectivity index (χ3v) is 4.49. The first kappa shape index (κ1) is 14.8. The second-order valence-electron chi connectivity index (χ2n) is 5.95. The van der Waals surface area contributed by atoms with Crippen molar-refractivity contribution in [3.8, 4) is 0 Å². The number of hydroxylamine groups is 3. The van der Waals surface area contributed by atoms with Crippen LogP contribution in [0, 0.1) is 12.1 Å². The Morgan fingerprint density at radius 3 is 2.27 bits per heavy atom. The maximum Gasteiger partial charge on any atom is 0.274 e. The first-order valence-corrected chi connectivity index (χ1v) is 7.41. The van der Waals surface area contributed by atoms with Crippen LogP contribution >= 0.6 is 0 Å². The largest absolute Gasteiger partial charge is 0.622 e. The monoisotopic (exact) mass is 296 g/mol. The highest BCUT2D eigenvalue weighted by atomic mass is 16.6. The van der Waals surface area contributed by atoms with Gasteiger partial charge in [-0.15, -0.1) is 5.06 Å². The third-order valence-electron chi connectivity index (χ3n) is 4.49. The van der Waals surface area contributed by atoms with Crippen molar-refractivity contribution in [2.24, 2.45) is 0 Å². The van der Waals surface area contributed by atoms with Crippen molar-refractivity contribution in [3.63, 3.8) is 0 Å². The van der Waals surface area contributed by atoms with Gasteiger partial charge in [0.25, 0.3) is 5.66 Å². The van der Waals surface area contributed by atoms with Crippen LogP contribution in [-0.2, 0) is 5.66 Å². The predicted molar refractivity (Wildman–Crippen MR) is 85.8 cm³/mol. The number of rotatable bonds is 2. The van der Waals surface area contributed by atoms with Gasteiger partial charge in [0.15, 0.2) is 0 Å². The molecule has 4 nitrogen and oxygen atoms in total. The van der Waals surface area contributed by atoms with Crippen LogP contribution in [0.5, 0.6) is 0 Å². The van der Waals surface area contributed by atoms with Gasteiger partial charge in [-0.25, -0.2) is 0 Å². The summed E-state index contributed by atoms with van der Waals surface area (Å²) in [5.74, 6) is 0. The fraction of sp³-hybridized carbons (Fsp3) is 0.278. The minimum atomic E-state index is -1.13. The lowest BCUT2D eigenvalue weighted by Gasteiger charge is -2.29. The second-order valence-corrected chi connectivity index (χ2v) is 5.95. The van der Waals surface area contributed by atoms with E-state index in [9.17, 15) is 10.4 Å². The highest BCUT2D eigenvalue weighted by molar-refractivity contribution is 6.01. The lowest BCUT2D eigenvalue weighted by atomic mass is 10.0. The van der Waals surface area contributed by atoms with Crippen LogP contribution in [0.3, 0.4) is 0 Å². The molecule has 3 rings (SSSR count). The van der Waals surface area contributed by atoms with E-state index >= 15 is 0 Å². The zero-order valence-corrected chi connectivity index (χ0v) is 13.0. The molecule has 0 aromatic heterocycles. The smallest absolute Gasteiger partial charge is 0.274 e. The summed E-state index contributed by atoms with van der Waals surface area (Å²) in [6.07, 6.45) is 0. The third kappa shape index (κ3) is 2.03. The minimum absolute atomic E-state index is 0.383. The molecule has 4 heteroatoms. The molecule has 2 aromatic carbocycles. The Hall–Kier alpha value is -2.17. The van der Waals surface area contributed by atoms with Gasteiger partial charge >= 0.3 is 0 Å². The number of benzene rings is 2. The van der Waals surface area contributed by atoms with Gasteiger partial charge in [0, 0.05) is 18.1 Å². The molecule has 1 heterocycles. The van der Waals surface area contributed by atoms with Crippen LogP contribution in [0.1, 0.15) is 30.5 Å². The average molecular weight is 296 g/mol. The molecular weight excluding hydrogens is 276 g/mol. The van der Waals surface area contributed by atoms with Gasteiger partial charge < -0.3 is 10.4 Å². The van der Waals surface area contributed by atoms with Crippen molar-refractivity contribution in [1.29, 1.82) is 0 Å². The van der Waals surface area contributed by atoms with Crippen molar-refractivity contribution in [1.82, 2.24) is 5.06 Å². The summed E-state index contributed by atoms with van der Waals surface area (Å²) >= 11 is 0. The molecule has 0 saturated carbocycles. The van der Waals surface area contributed by atoms with Crippen molar-refractivity contribution in [2.75, 3.05) is 0 Å². The number of hydrogen-bond donors (Lipinski definition) is 1. The summed E-state index contributed by atoms with van der Waals surface area (Å²) < 4.78 is 0.928. The zero-order valence-electron chi connectivity index (χ0n) is 13.0. The molecule has 0 spiro atoms. The first-order valence-electron chi connectivity index (χ1n) is 7.41. The number of aryl methyl sites for hydroxylation is 1. The topological polar surface area (TPSA) is 49.5 Å². The van der Waals surface area contributed by atoms with Crippen molar-refractivity contribution >= 4 is 5.71 Å². The van der Waals surface area contributed by atoms with Crippen molar-refractivity contribution < 1.29 is 9.95 Å². The number of hydrogen-bond acceptors (Lipinski definition) is 3. The van der Waals surface area contributed by atoms with Crippen LogP contribution in [0.4, 0.5) is 0 Å². The Morgan fingerprint density at radius 2 is 1.68 bits per heavy atom. The van der Waals surface area contributed by atoms with E-state index in [4.69, 9.17) is 0 Å². The summed E-state index contributed by atoms with van der Waals surface area (Å²) in [6.45, 7) is 5.58. The van der Waals surface area contributed by atoms with E-state index in [0.29, 0.717) is 5.71 Å². The molecule has 0 saturated heterocycles. The van der Waals surface area contributed by atoms with Crippen LogP contribution in [0.25, 0.3) is 0 Å². The Kier molecular flexibility index (Phi) is 3.51. The van der Waals surface area contributed by atoms with Crippen molar-refractivity contribution in [3.05, 3.63) is 76.5 Å². The van der Waals surface area contributed by atoms with Gasteiger partial charge in [0.2, 0.25) is 5.71 Å². The fourth-order valence-corrected chi connectivity index (χ4v) is 3.08. The molecule has 2 atom stereocenters. The van der Waals surface area contributed by atoms with Gasteiger partial charge in [-0.3, -0.25) is 0 Å². The zero-order chi connectivity index (χ0) is 15.9. The highest BCUT2D eigenvalue weighted by Crippen LogP contribution is 2.36. The van der Waals surface area contributed by atoms with E-state index in [1.165, 1.54) is 0 Å². The standard InChI is InChI=1S/C18H20N2O2/c1-13-9-11-16(12-10-13)18(3)19(21)14(2)17(20(18)22)15-7-5-4-6-8-15/h4-12,14,21H,1-3H3. The summed E-state index contributed by atoms with van der Waals surface area (Å²) in [7, 11) is 0. The lowest BCUT2D eigenvalue weighted by Crippen LogP contribution is -2.45. The number of nitrogens with zero attached hydrogens (tertiary/aromatic N) is 2. The summed E-state index contributed by atoms with van der Waals surface area (Å²) in [5, 5.41) is 24.8. The fourth-order valence-electron chi connectivity index (χ4n) is 3.08. The summed E-state index contributed by atoms with van der Waals surface area (Å²) in [4.78, 5) is 0. The maximum atomic E-state index is 13.0. The van der Waals surface area contributed by atoms with Gasteiger partial charge in [0.05, 0.1) is 0 Å². The second kappa shape index (κ2) is 5.23. The minimum Gasteiger partial charge on any atom is -0.622 e. The van der Waals surface area contributed by atoms with Gasteiger partial charge in [-0.2, -0.15) is 4.74 Å². The molecule has 0 fully saturated rings. The van der Waals surface area contributed by atoms with Gasteiger partial charge in [0.1, 0.15) is 6.04 Å². The molecular formula is C18H20N2O2. The van der Waals surface area contributed by atoms with Crippen molar-refractivity contribution in [2.45, 2.75) is 32.5 Å². The van der Waals surface area contributed by atoms with Crippen LogP contribution < -0.4 is 0 Å². The SMILES string of the molecule is Cc1ccc(C2(C)N(O)C(C)C(c3ccccc3)=[N+]2[O-])cc1. The Labute approximate surface area is 130 Å². The Bertz CT molecular complexity index is 710. The Balaban J connectivity index is 2.16. The molecule has 2 aromatic rings. The van der Waals surface area contributed by atoms with Crippen LogP contribution in [-0.4, -0.2) is 26.8 Å². The average Bonchev–Trinajstić information content (AvgIpc) is 2.71. The van der Waals surface area contributed by atoms with Crippen LogP contribution in [0.15, 0.2) is 54.6 Å². The summed E-state index contributed by atoms with van der Waals surface area (Å²) in [6, 6.07) is 16.8. The molecule has 1 aliphatic heterocycles. The predicted octanol–water partition coefficient (Wildman–Crippen LogP) is 3.26. The van der Waals surface area contributed by atoms with E-state index in [0.717, 1.165) is 26.5 Å². The van der Waals surface area contributed by atoms with Gasteiger partial charge in [-0.05, 0) is 26.0 Å². The molecule has 22 heavy (non-hydrogen) atoms. The van der Waals surface area contributed by atoms with Gasteiger partial charge in [-0.1, -0.05) is 48.0 Å².